The van der Waals surface area contributed by atoms with Crippen LogP contribution in [0.2, 0.25) is 0 Å². The van der Waals surface area contributed by atoms with Gasteiger partial charge in [0.25, 0.3) is 0 Å². The Hall–Kier alpha value is -1.85. The number of nitriles is 2. The lowest BCUT2D eigenvalue weighted by atomic mass is 10.2. The largest absolute Gasteiger partial charge is 0.317 e. The quantitative estimate of drug-likeness (QED) is 0.679. The van der Waals surface area contributed by atoms with Gasteiger partial charge in [-0.25, -0.2) is 4.98 Å². The summed E-state index contributed by atoms with van der Waals surface area (Å²) >= 11 is 0. The minimum Gasteiger partial charge on any atom is -0.317 e. The van der Waals surface area contributed by atoms with Crippen molar-refractivity contribution in [2.24, 2.45) is 0 Å². The summed E-state index contributed by atoms with van der Waals surface area (Å²) in [7, 11) is 0. The number of imidazole rings is 1. The minimum atomic E-state index is 0.222. The lowest BCUT2D eigenvalue weighted by Crippen LogP contribution is -2.14. The van der Waals surface area contributed by atoms with E-state index in [2.05, 4.69) is 10.3 Å². The Balaban J connectivity index is 2.39. The summed E-state index contributed by atoms with van der Waals surface area (Å²) in [6.07, 6.45) is 2.56. The molecule has 70 valence electrons. The second-order valence-corrected chi connectivity index (χ2v) is 3.22. The van der Waals surface area contributed by atoms with Crippen LogP contribution in [-0.4, -0.2) is 22.6 Å². The van der Waals surface area contributed by atoms with Crippen LogP contribution >= 0.6 is 0 Å². The zero-order chi connectivity index (χ0) is 9.97. The fourth-order valence-corrected chi connectivity index (χ4v) is 1.71. The van der Waals surface area contributed by atoms with Gasteiger partial charge in [0.2, 0.25) is 0 Å². The summed E-state index contributed by atoms with van der Waals surface area (Å²) in [5, 5.41) is 20.8. The van der Waals surface area contributed by atoms with Crippen molar-refractivity contribution in [2.75, 3.05) is 13.1 Å². The van der Waals surface area contributed by atoms with Gasteiger partial charge in [-0.2, -0.15) is 10.5 Å². The SMILES string of the molecule is N#Cc1ncn(C2CCNC2)c1C#N. The van der Waals surface area contributed by atoms with E-state index in [1.165, 1.54) is 0 Å². The van der Waals surface area contributed by atoms with E-state index in [1.54, 1.807) is 10.9 Å². The molecule has 1 saturated heterocycles. The molecule has 0 amide bonds. The Bertz CT molecular complexity index is 413. The third-order valence-electron chi connectivity index (χ3n) is 2.43. The fourth-order valence-electron chi connectivity index (χ4n) is 1.71. The molecule has 0 aliphatic carbocycles. The lowest BCUT2D eigenvalue weighted by molar-refractivity contribution is 0.541. The molecule has 5 nitrogen and oxygen atoms in total. The second kappa shape index (κ2) is 3.49. The molecule has 2 rings (SSSR count). The lowest BCUT2D eigenvalue weighted by Gasteiger charge is -2.10. The van der Waals surface area contributed by atoms with Gasteiger partial charge < -0.3 is 9.88 Å². The summed E-state index contributed by atoms with van der Waals surface area (Å²) in [5.74, 6) is 0. The highest BCUT2D eigenvalue weighted by Gasteiger charge is 2.21. The normalized spacial score (nSPS) is 20.3. The highest BCUT2D eigenvalue weighted by molar-refractivity contribution is 5.36. The summed E-state index contributed by atoms with van der Waals surface area (Å²) in [6.45, 7) is 1.80. The van der Waals surface area contributed by atoms with E-state index < -0.39 is 0 Å². The number of hydrogen-bond acceptors (Lipinski definition) is 4. The van der Waals surface area contributed by atoms with Crippen molar-refractivity contribution in [3.63, 3.8) is 0 Å². The predicted octanol–water partition coefficient (Wildman–Crippen LogP) is 0.161. The second-order valence-electron chi connectivity index (χ2n) is 3.22. The summed E-state index contributed by atoms with van der Waals surface area (Å²) in [6, 6.07) is 4.20. The van der Waals surface area contributed by atoms with E-state index in [1.807, 2.05) is 12.1 Å². The fraction of sp³-hybridized carbons (Fsp3) is 0.444. The topological polar surface area (TPSA) is 77.4 Å². The minimum absolute atomic E-state index is 0.222. The van der Waals surface area contributed by atoms with Crippen LogP contribution < -0.4 is 5.32 Å². The molecule has 1 atom stereocenters. The molecule has 1 aromatic rings. The molecule has 0 aromatic carbocycles. The number of nitrogens with one attached hydrogen (secondary N) is 1. The highest BCUT2D eigenvalue weighted by Crippen LogP contribution is 2.18. The van der Waals surface area contributed by atoms with Crippen LogP contribution in [0.15, 0.2) is 6.33 Å². The van der Waals surface area contributed by atoms with Crippen LogP contribution in [0.25, 0.3) is 0 Å². The van der Waals surface area contributed by atoms with Gasteiger partial charge in [0.15, 0.2) is 11.4 Å². The molecule has 14 heavy (non-hydrogen) atoms. The molecular weight excluding hydrogens is 178 g/mol. The first kappa shape index (κ1) is 8.74. The Kier molecular flexibility index (Phi) is 2.18. The van der Waals surface area contributed by atoms with Crippen molar-refractivity contribution in [3.05, 3.63) is 17.7 Å². The molecule has 1 fully saturated rings. The first-order chi connectivity index (χ1) is 6.86. The van der Waals surface area contributed by atoms with Crippen LogP contribution in [0.4, 0.5) is 0 Å². The van der Waals surface area contributed by atoms with Gasteiger partial charge in [-0.1, -0.05) is 0 Å². The van der Waals surface area contributed by atoms with E-state index in [4.69, 9.17) is 10.5 Å². The van der Waals surface area contributed by atoms with E-state index >= 15 is 0 Å². The van der Waals surface area contributed by atoms with Crippen molar-refractivity contribution in [1.29, 1.82) is 10.5 Å². The molecule has 2 heterocycles. The first-order valence-electron chi connectivity index (χ1n) is 4.44. The molecule has 1 aromatic heterocycles. The van der Waals surface area contributed by atoms with Crippen molar-refractivity contribution in [2.45, 2.75) is 12.5 Å². The van der Waals surface area contributed by atoms with Crippen LogP contribution in [0.1, 0.15) is 23.9 Å². The molecule has 0 radical (unpaired) electrons. The molecular formula is C9H9N5. The third-order valence-corrected chi connectivity index (χ3v) is 2.43. The smallest absolute Gasteiger partial charge is 0.176 e. The molecule has 1 N–H and O–H groups in total. The van der Waals surface area contributed by atoms with Gasteiger partial charge >= 0.3 is 0 Å². The van der Waals surface area contributed by atoms with Crippen molar-refractivity contribution in [1.82, 2.24) is 14.9 Å². The maximum Gasteiger partial charge on any atom is 0.176 e. The third kappa shape index (κ3) is 1.24. The van der Waals surface area contributed by atoms with E-state index in [0.29, 0.717) is 5.69 Å². The van der Waals surface area contributed by atoms with Gasteiger partial charge in [0, 0.05) is 12.6 Å². The number of nitrogens with zero attached hydrogens (tertiary/aromatic N) is 4. The van der Waals surface area contributed by atoms with Gasteiger partial charge in [0.1, 0.15) is 12.1 Å². The molecule has 1 aliphatic rings. The number of rotatable bonds is 1. The van der Waals surface area contributed by atoms with Crippen molar-refractivity contribution < 1.29 is 0 Å². The Labute approximate surface area is 81.6 Å². The average Bonchev–Trinajstić information content (AvgIpc) is 2.85. The maximum atomic E-state index is 8.90. The first-order valence-corrected chi connectivity index (χ1v) is 4.44. The molecule has 1 unspecified atom stereocenters. The zero-order valence-corrected chi connectivity index (χ0v) is 7.56. The van der Waals surface area contributed by atoms with Gasteiger partial charge in [-0.05, 0) is 13.0 Å². The van der Waals surface area contributed by atoms with Crippen LogP contribution in [-0.2, 0) is 0 Å². The zero-order valence-electron chi connectivity index (χ0n) is 7.56. The van der Waals surface area contributed by atoms with E-state index in [-0.39, 0.29) is 11.7 Å². The molecule has 0 bridgehead atoms. The number of hydrogen-bond donors (Lipinski definition) is 1. The Morgan fingerprint density at radius 3 is 2.93 bits per heavy atom. The summed E-state index contributed by atoms with van der Waals surface area (Å²) in [5.41, 5.74) is 0.598. The molecule has 0 spiro atoms. The predicted molar refractivity (Wildman–Crippen MR) is 48.2 cm³/mol. The van der Waals surface area contributed by atoms with Gasteiger partial charge in [-0.3, -0.25) is 0 Å². The van der Waals surface area contributed by atoms with Crippen LogP contribution in [0.5, 0.6) is 0 Å². The molecule has 5 heteroatoms. The van der Waals surface area contributed by atoms with Gasteiger partial charge in [-0.15, -0.1) is 0 Å². The van der Waals surface area contributed by atoms with E-state index in [9.17, 15) is 0 Å². The summed E-state index contributed by atoms with van der Waals surface area (Å²) < 4.78 is 1.79. The Morgan fingerprint density at radius 2 is 2.36 bits per heavy atom. The Morgan fingerprint density at radius 1 is 1.50 bits per heavy atom. The molecule has 1 aliphatic heterocycles. The average molecular weight is 187 g/mol. The van der Waals surface area contributed by atoms with Gasteiger partial charge in [0.05, 0.1) is 6.33 Å². The highest BCUT2D eigenvalue weighted by atomic mass is 15.1. The van der Waals surface area contributed by atoms with Crippen LogP contribution in [0.3, 0.4) is 0 Å². The monoisotopic (exact) mass is 187 g/mol. The van der Waals surface area contributed by atoms with Crippen molar-refractivity contribution in [3.8, 4) is 12.1 Å². The van der Waals surface area contributed by atoms with Crippen LogP contribution in [0, 0.1) is 22.7 Å². The van der Waals surface area contributed by atoms with Crippen molar-refractivity contribution >= 4 is 0 Å². The maximum absolute atomic E-state index is 8.90. The summed E-state index contributed by atoms with van der Waals surface area (Å²) in [4.78, 5) is 3.90. The standard InChI is InChI=1S/C9H9N5/c10-3-8-9(4-11)14(6-13-8)7-1-2-12-5-7/h6-7,12H,1-2,5H2. The molecule has 0 saturated carbocycles. The van der Waals surface area contributed by atoms with E-state index in [0.717, 1.165) is 19.5 Å². The number of aromatic nitrogens is 2.